The van der Waals surface area contributed by atoms with Crippen molar-refractivity contribution in [3.63, 3.8) is 0 Å². The maximum atomic E-state index is 12.4. The number of hydrogen-bond donors (Lipinski definition) is 7. The Morgan fingerprint density at radius 2 is 1.84 bits per heavy atom. The summed E-state index contributed by atoms with van der Waals surface area (Å²) < 4.78 is 6.19. The van der Waals surface area contributed by atoms with E-state index in [0.717, 1.165) is 30.3 Å². The number of hydrogen-bond acceptors (Lipinski definition) is 12. The molecule has 0 amide bonds. The van der Waals surface area contributed by atoms with Crippen LogP contribution in [0.4, 0.5) is 5.82 Å². The summed E-state index contributed by atoms with van der Waals surface area (Å²) in [6, 6.07) is 1.37. The van der Waals surface area contributed by atoms with E-state index in [1.165, 1.54) is 17.8 Å². The molecule has 0 unspecified atom stereocenters. The molecule has 43 heavy (non-hydrogen) atoms. The van der Waals surface area contributed by atoms with Gasteiger partial charge in [0.25, 0.3) is 0 Å². The number of ether oxygens (including phenoxy) is 1. The summed E-state index contributed by atoms with van der Waals surface area (Å²) in [6.07, 6.45) is 2.47. The van der Waals surface area contributed by atoms with E-state index < -0.39 is 66.3 Å². The Bertz CT molecular complexity index is 1350. The lowest BCUT2D eigenvalue weighted by Crippen LogP contribution is -2.62. The van der Waals surface area contributed by atoms with Crippen molar-refractivity contribution < 1.29 is 45.0 Å². The van der Waals surface area contributed by atoms with E-state index in [2.05, 4.69) is 11.9 Å². The second-order valence-corrected chi connectivity index (χ2v) is 13.3. The molecule has 0 aromatic carbocycles. The zero-order valence-electron chi connectivity index (χ0n) is 24.5. The van der Waals surface area contributed by atoms with Gasteiger partial charge in [0.2, 0.25) is 0 Å². The van der Waals surface area contributed by atoms with Gasteiger partial charge in [-0.15, -0.1) is 0 Å². The van der Waals surface area contributed by atoms with Crippen molar-refractivity contribution in [2.24, 2.45) is 28.6 Å². The molecule has 0 spiro atoms. The number of allylic oxidation sites excluding steroid dienone is 1. The van der Waals surface area contributed by atoms with Crippen molar-refractivity contribution >= 4 is 17.4 Å². The van der Waals surface area contributed by atoms with Crippen LogP contribution in [0.25, 0.3) is 0 Å². The van der Waals surface area contributed by atoms with Crippen LogP contribution in [0.3, 0.4) is 0 Å². The molecule has 3 saturated carbocycles. The van der Waals surface area contributed by atoms with Crippen LogP contribution in [0.1, 0.15) is 65.0 Å². The Morgan fingerprint density at radius 1 is 1.12 bits per heavy atom. The summed E-state index contributed by atoms with van der Waals surface area (Å²) in [6.45, 7) is 3.01. The van der Waals surface area contributed by atoms with Gasteiger partial charge in [-0.3, -0.25) is 14.2 Å². The predicted molar refractivity (Wildman–Crippen MR) is 151 cm³/mol. The number of anilines is 1. The third kappa shape index (κ3) is 4.98. The number of rotatable bonds is 4. The molecule has 1 saturated heterocycles. The molecule has 11 atom stereocenters. The monoisotopic (exact) mass is 605 g/mol. The van der Waals surface area contributed by atoms with Crippen molar-refractivity contribution in [1.29, 1.82) is 0 Å². The fourth-order valence-electron chi connectivity index (χ4n) is 9.01. The number of Topliss-reactive ketones (excluding diaryl/α,β-unsaturated/α-hetero) is 1. The molecule has 8 N–H and O–H groups in total. The van der Waals surface area contributed by atoms with Gasteiger partial charge in [0.1, 0.15) is 36.3 Å². The summed E-state index contributed by atoms with van der Waals surface area (Å²) in [7, 11) is 0. The first-order valence-electron chi connectivity index (χ1n) is 15.0. The number of aliphatic hydroxyl groups is 6. The van der Waals surface area contributed by atoms with E-state index in [0.29, 0.717) is 19.3 Å². The minimum absolute atomic E-state index is 0.0537. The maximum Gasteiger partial charge on any atom is 0.351 e. The van der Waals surface area contributed by atoms with Gasteiger partial charge in [0.05, 0.1) is 12.7 Å². The highest BCUT2D eigenvalue weighted by molar-refractivity contribution is 5.91. The highest BCUT2D eigenvalue weighted by Gasteiger charge is 2.68. The first-order chi connectivity index (χ1) is 20.2. The van der Waals surface area contributed by atoms with Gasteiger partial charge in [0, 0.05) is 18.0 Å². The van der Waals surface area contributed by atoms with Crippen LogP contribution in [-0.2, 0) is 14.3 Å². The third-order valence-corrected chi connectivity index (χ3v) is 11.3. The second kappa shape index (κ2) is 11.4. The summed E-state index contributed by atoms with van der Waals surface area (Å²) in [5.41, 5.74) is 3.40. The van der Waals surface area contributed by atoms with E-state index in [1.54, 1.807) is 6.08 Å². The molecule has 4 aliphatic carbocycles. The molecule has 4 fully saturated rings. The van der Waals surface area contributed by atoms with Gasteiger partial charge in [0.15, 0.2) is 17.8 Å². The van der Waals surface area contributed by atoms with Crippen LogP contribution < -0.4 is 11.4 Å². The summed E-state index contributed by atoms with van der Waals surface area (Å²) >= 11 is 0. The Kier molecular flexibility index (Phi) is 8.49. The quantitative estimate of drug-likeness (QED) is 0.224. The number of nitrogen functional groups attached to an aromatic ring is 1. The van der Waals surface area contributed by atoms with Crippen LogP contribution >= 0.6 is 0 Å². The molecule has 0 radical (unpaired) electrons. The SMILES string of the molecule is C[C@]12CCC(=O)C=C1CC[C@@H]1[C@@H]2[C@@H](O)C[C@@]2(C)[C@H]1CC[C@]2(O)C(=O)CO.Nc1ccn([C@@H]2O[C@H](CO)[C@@H](O)[C@@H]2O)c(=O)n1. The van der Waals surface area contributed by atoms with Gasteiger partial charge in [-0.2, -0.15) is 4.98 Å². The largest absolute Gasteiger partial charge is 0.394 e. The number of carbonyl (C=O) groups excluding carboxylic acids is 2. The van der Waals surface area contributed by atoms with E-state index in [4.69, 9.17) is 15.6 Å². The zero-order chi connectivity index (χ0) is 31.5. The van der Waals surface area contributed by atoms with Crippen LogP contribution in [0.2, 0.25) is 0 Å². The smallest absolute Gasteiger partial charge is 0.351 e. The molecule has 13 nitrogen and oxygen atoms in total. The summed E-state index contributed by atoms with van der Waals surface area (Å²) in [4.78, 5) is 39.2. The van der Waals surface area contributed by atoms with E-state index in [1.807, 2.05) is 6.92 Å². The third-order valence-electron chi connectivity index (χ3n) is 11.3. The highest BCUT2D eigenvalue weighted by atomic mass is 16.6. The Balaban J connectivity index is 0.000000188. The summed E-state index contributed by atoms with van der Waals surface area (Å²) in [5, 5.41) is 59.9. The van der Waals surface area contributed by atoms with Crippen molar-refractivity contribution in [1.82, 2.24) is 9.55 Å². The number of nitrogens with zero attached hydrogens (tertiary/aromatic N) is 2. The topological polar surface area (TPSA) is 226 Å². The van der Waals surface area contributed by atoms with Crippen molar-refractivity contribution in [3.05, 3.63) is 34.4 Å². The molecular weight excluding hydrogens is 562 g/mol. The number of aliphatic hydroxyl groups excluding tert-OH is 5. The molecule has 2 heterocycles. The first kappa shape index (κ1) is 31.9. The van der Waals surface area contributed by atoms with Gasteiger partial charge >= 0.3 is 5.69 Å². The standard InChI is InChI=1S/C21H30O5.C9H13N3O5/c1-19-7-5-13(23)9-12(19)3-4-14-15-6-8-21(26,17(25)11-22)20(15,2)10-16(24)18(14)19;10-5-1-2-12(9(16)11-5)8-7(15)6(14)4(3-13)17-8/h9,14-16,18,22,24,26H,3-8,10-11H2,1-2H3;1-2,4,6-8,13-15H,3H2,(H2,10,11,16)/t14-,15-,16-,18+,19-,20-,21-;4-,6-,7+,8-/m01/s1. The molecule has 1 aromatic heterocycles. The van der Waals surface area contributed by atoms with Gasteiger partial charge in [-0.1, -0.05) is 19.4 Å². The van der Waals surface area contributed by atoms with Gasteiger partial charge in [-0.05, 0) is 73.8 Å². The maximum absolute atomic E-state index is 12.4. The van der Waals surface area contributed by atoms with Crippen molar-refractivity contribution in [2.45, 2.75) is 95.0 Å². The van der Waals surface area contributed by atoms with Gasteiger partial charge in [-0.25, -0.2) is 4.79 Å². The lowest BCUT2D eigenvalue weighted by Gasteiger charge is -2.60. The molecule has 13 heteroatoms. The molecule has 6 rings (SSSR count). The average molecular weight is 606 g/mol. The molecule has 1 aliphatic heterocycles. The molecule has 5 aliphatic rings. The van der Waals surface area contributed by atoms with Crippen LogP contribution in [0.15, 0.2) is 28.7 Å². The number of fused-ring (bicyclic) bond motifs is 5. The number of carbonyl (C=O) groups is 2. The second-order valence-electron chi connectivity index (χ2n) is 13.3. The molecular formula is C30H43N3O10. The Hall–Kier alpha value is -2.52. The number of ketones is 2. The molecule has 0 bridgehead atoms. The molecule has 238 valence electrons. The first-order valence-corrected chi connectivity index (χ1v) is 15.0. The predicted octanol–water partition coefficient (Wildman–Crippen LogP) is -0.781. The van der Waals surface area contributed by atoms with Crippen LogP contribution in [0.5, 0.6) is 0 Å². The van der Waals surface area contributed by atoms with E-state index >= 15 is 0 Å². The zero-order valence-corrected chi connectivity index (χ0v) is 24.5. The van der Waals surface area contributed by atoms with Crippen LogP contribution in [-0.4, -0.2) is 95.0 Å². The van der Waals surface area contributed by atoms with Gasteiger partial charge < -0.3 is 41.1 Å². The average Bonchev–Trinajstić information content (AvgIpc) is 3.40. The van der Waals surface area contributed by atoms with Crippen molar-refractivity contribution in [3.8, 4) is 0 Å². The lowest BCUT2D eigenvalue weighted by molar-refractivity contribution is -0.182. The Labute approximate surface area is 249 Å². The van der Waals surface area contributed by atoms with Crippen LogP contribution in [0, 0.1) is 28.6 Å². The van der Waals surface area contributed by atoms with E-state index in [9.17, 15) is 39.9 Å². The Morgan fingerprint density at radius 3 is 2.47 bits per heavy atom. The normalized spacial score (nSPS) is 43.5. The number of nitrogens with two attached hydrogens (primary N) is 1. The summed E-state index contributed by atoms with van der Waals surface area (Å²) in [5.74, 6) is 0.194. The highest BCUT2D eigenvalue weighted by Crippen LogP contribution is 2.67. The lowest BCUT2D eigenvalue weighted by atomic mass is 9.45. The minimum Gasteiger partial charge on any atom is -0.394 e. The molecule has 1 aromatic rings. The number of aromatic nitrogens is 2. The van der Waals surface area contributed by atoms with Crippen molar-refractivity contribution in [2.75, 3.05) is 18.9 Å². The minimum atomic E-state index is -1.54. The van der Waals surface area contributed by atoms with E-state index in [-0.39, 0.29) is 34.8 Å². The fraction of sp³-hybridized carbons (Fsp3) is 0.733. The fourth-order valence-corrected chi connectivity index (χ4v) is 9.01.